The van der Waals surface area contributed by atoms with Gasteiger partial charge in [-0.05, 0) is 6.42 Å². The molecule has 7 nitrogen and oxygen atoms in total. The average Bonchev–Trinajstić information content (AvgIpc) is 2.92. The Morgan fingerprint density at radius 3 is 3.05 bits per heavy atom. The van der Waals surface area contributed by atoms with Crippen LogP contribution in [0.25, 0.3) is 0 Å². The van der Waals surface area contributed by atoms with Crippen molar-refractivity contribution in [3.63, 3.8) is 0 Å². The summed E-state index contributed by atoms with van der Waals surface area (Å²) in [5, 5.41) is 3.16. The van der Waals surface area contributed by atoms with E-state index in [1.807, 2.05) is 17.7 Å². The second-order valence-corrected chi connectivity index (χ2v) is 4.02. The molecule has 2 aromatic heterocycles. The number of imidazole rings is 1. The van der Waals surface area contributed by atoms with Crippen molar-refractivity contribution in [3.8, 4) is 5.88 Å². The summed E-state index contributed by atoms with van der Waals surface area (Å²) in [5.41, 5.74) is 6.40. The predicted molar refractivity (Wildman–Crippen MR) is 72.9 cm³/mol. The topological polar surface area (TPSA) is 90.9 Å². The number of ether oxygens (including phenoxy) is 1. The van der Waals surface area contributed by atoms with Gasteiger partial charge in [-0.3, -0.25) is 0 Å². The van der Waals surface area contributed by atoms with Crippen molar-refractivity contribution in [3.05, 3.63) is 25.0 Å². The molecule has 2 aromatic rings. The Labute approximate surface area is 111 Å². The van der Waals surface area contributed by atoms with Crippen LogP contribution in [-0.4, -0.2) is 32.7 Å². The SMILES string of the molecule is CCCOc1ncnc(NCCn2ccnc2)c1N. The van der Waals surface area contributed by atoms with Crippen LogP contribution in [0.15, 0.2) is 25.0 Å². The van der Waals surface area contributed by atoms with Crippen LogP contribution in [0.3, 0.4) is 0 Å². The molecule has 0 amide bonds. The van der Waals surface area contributed by atoms with E-state index in [1.165, 1.54) is 6.33 Å². The van der Waals surface area contributed by atoms with E-state index in [1.54, 1.807) is 12.5 Å². The highest BCUT2D eigenvalue weighted by molar-refractivity contribution is 5.66. The lowest BCUT2D eigenvalue weighted by Crippen LogP contribution is -2.13. The predicted octanol–water partition coefficient (Wildman–Crippen LogP) is 1.16. The number of nitrogens with two attached hydrogens (primary N) is 1. The van der Waals surface area contributed by atoms with Crippen molar-refractivity contribution >= 4 is 11.5 Å². The minimum atomic E-state index is 0.432. The van der Waals surface area contributed by atoms with Gasteiger partial charge in [0.25, 0.3) is 0 Å². The van der Waals surface area contributed by atoms with Gasteiger partial charge in [0.05, 0.1) is 12.9 Å². The lowest BCUT2D eigenvalue weighted by Gasteiger charge is -2.11. The number of hydrogen-bond donors (Lipinski definition) is 2. The van der Waals surface area contributed by atoms with Gasteiger partial charge in [-0.15, -0.1) is 0 Å². The largest absolute Gasteiger partial charge is 0.476 e. The number of hydrogen-bond acceptors (Lipinski definition) is 6. The smallest absolute Gasteiger partial charge is 0.242 e. The molecular weight excluding hydrogens is 244 g/mol. The summed E-state index contributed by atoms with van der Waals surface area (Å²) in [6, 6.07) is 0. The molecule has 0 spiro atoms. The fourth-order valence-corrected chi connectivity index (χ4v) is 1.56. The van der Waals surface area contributed by atoms with Crippen molar-refractivity contribution in [2.45, 2.75) is 19.9 Å². The number of nitrogens with one attached hydrogen (secondary N) is 1. The summed E-state index contributed by atoms with van der Waals surface area (Å²) >= 11 is 0. The summed E-state index contributed by atoms with van der Waals surface area (Å²) < 4.78 is 7.42. The van der Waals surface area contributed by atoms with E-state index < -0.39 is 0 Å². The molecule has 102 valence electrons. The highest BCUT2D eigenvalue weighted by Gasteiger charge is 2.08. The standard InChI is InChI=1S/C12H18N6O/c1-2-7-19-12-10(13)11(16-8-17-12)15-4-6-18-5-3-14-9-18/h3,5,8-9H,2,4,6-7,13H2,1H3,(H,15,16,17). The second-order valence-electron chi connectivity index (χ2n) is 4.02. The molecule has 0 saturated carbocycles. The molecule has 0 unspecified atom stereocenters. The highest BCUT2D eigenvalue weighted by Crippen LogP contribution is 2.24. The molecule has 0 atom stereocenters. The molecule has 0 aliphatic heterocycles. The Bertz CT molecular complexity index is 499. The van der Waals surface area contributed by atoms with Crippen LogP contribution in [0.1, 0.15) is 13.3 Å². The molecule has 0 bridgehead atoms. The third-order valence-electron chi connectivity index (χ3n) is 2.51. The molecule has 19 heavy (non-hydrogen) atoms. The third-order valence-corrected chi connectivity index (χ3v) is 2.51. The van der Waals surface area contributed by atoms with Crippen LogP contribution >= 0.6 is 0 Å². The van der Waals surface area contributed by atoms with Crippen LogP contribution in [0.5, 0.6) is 5.88 Å². The first-order valence-electron chi connectivity index (χ1n) is 6.24. The molecule has 0 aliphatic rings. The molecule has 3 N–H and O–H groups in total. The quantitative estimate of drug-likeness (QED) is 0.778. The van der Waals surface area contributed by atoms with Crippen LogP contribution in [-0.2, 0) is 6.54 Å². The van der Waals surface area contributed by atoms with Gasteiger partial charge in [-0.2, -0.15) is 4.98 Å². The van der Waals surface area contributed by atoms with Gasteiger partial charge in [0.1, 0.15) is 12.0 Å². The fraction of sp³-hybridized carbons (Fsp3) is 0.417. The van der Waals surface area contributed by atoms with Crippen molar-refractivity contribution < 1.29 is 4.74 Å². The minimum absolute atomic E-state index is 0.432. The van der Waals surface area contributed by atoms with Crippen LogP contribution < -0.4 is 15.8 Å². The van der Waals surface area contributed by atoms with Gasteiger partial charge in [0, 0.05) is 25.5 Å². The molecular formula is C12H18N6O. The van der Waals surface area contributed by atoms with E-state index in [-0.39, 0.29) is 0 Å². The zero-order valence-corrected chi connectivity index (χ0v) is 10.9. The van der Waals surface area contributed by atoms with E-state index >= 15 is 0 Å². The molecule has 0 radical (unpaired) electrons. The first kappa shape index (κ1) is 13.1. The monoisotopic (exact) mass is 262 g/mol. The number of anilines is 2. The molecule has 2 heterocycles. The Morgan fingerprint density at radius 2 is 2.32 bits per heavy atom. The van der Waals surface area contributed by atoms with Crippen LogP contribution in [0.4, 0.5) is 11.5 Å². The van der Waals surface area contributed by atoms with Gasteiger partial charge < -0.3 is 20.4 Å². The van der Waals surface area contributed by atoms with Gasteiger partial charge in [0.15, 0.2) is 5.82 Å². The van der Waals surface area contributed by atoms with E-state index in [0.717, 1.165) is 13.0 Å². The van der Waals surface area contributed by atoms with Crippen molar-refractivity contribution in [1.29, 1.82) is 0 Å². The van der Waals surface area contributed by atoms with E-state index in [9.17, 15) is 0 Å². The first-order chi connectivity index (χ1) is 9.31. The molecule has 0 fully saturated rings. The average molecular weight is 262 g/mol. The summed E-state index contributed by atoms with van der Waals surface area (Å²) in [6.45, 7) is 4.11. The second kappa shape index (κ2) is 6.58. The number of nitrogen functional groups attached to an aromatic ring is 1. The van der Waals surface area contributed by atoms with Crippen molar-refractivity contribution in [1.82, 2.24) is 19.5 Å². The van der Waals surface area contributed by atoms with Gasteiger partial charge in [-0.1, -0.05) is 6.92 Å². The maximum absolute atomic E-state index is 5.95. The van der Waals surface area contributed by atoms with E-state index in [2.05, 4.69) is 20.3 Å². The Balaban J connectivity index is 1.92. The zero-order valence-electron chi connectivity index (χ0n) is 10.9. The Morgan fingerprint density at radius 1 is 1.42 bits per heavy atom. The summed E-state index contributed by atoms with van der Waals surface area (Å²) in [4.78, 5) is 12.1. The third kappa shape index (κ3) is 3.57. The van der Waals surface area contributed by atoms with E-state index in [4.69, 9.17) is 10.5 Å². The lowest BCUT2D eigenvalue weighted by molar-refractivity contribution is 0.306. The normalized spacial score (nSPS) is 10.4. The molecule has 2 rings (SSSR count). The lowest BCUT2D eigenvalue weighted by atomic mass is 10.4. The van der Waals surface area contributed by atoms with Crippen LogP contribution in [0.2, 0.25) is 0 Å². The molecule has 0 aromatic carbocycles. The summed E-state index contributed by atoms with van der Waals surface area (Å²) in [6.07, 6.45) is 7.77. The molecule has 0 saturated heterocycles. The summed E-state index contributed by atoms with van der Waals surface area (Å²) in [7, 11) is 0. The Hall–Kier alpha value is -2.31. The fourth-order valence-electron chi connectivity index (χ4n) is 1.56. The number of aromatic nitrogens is 4. The van der Waals surface area contributed by atoms with Crippen molar-refractivity contribution in [2.24, 2.45) is 0 Å². The molecule has 7 heteroatoms. The van der Waals surface area contributed by atoms with Crippen LogP contribution in [0, 0.1) is 0 Å². The highest BCUT2D eigenvalue weighted by atomic mass is 16.5. The van der Waals surface area contributed by atoms with Gasteiger partial charge in [0.2, 0.25) is 5.88 Å². The summed E-state index contributed by atoms with van der Waals surface area (Å²) in [5.74, 6) is 1.03. The maximum Gasteiger partial charge on any atom is 0.242 e. The first-order valence-corrected chi connectivity index (χ1v) is 6.24. The van der Waals surface area contributed by atoms with E-state index in [0.29, 0.717) is 30.5 Å². The number of rotatable bonds is 7. The van der Waals surface area contributed by atoms with Crippen molar-refractivity contribution in [2.75, 3.05) is 24.2 Å². The maximum atomic E-state index is 5.95. The molecule has 0 aliphatic carbocycles. The van der Waals surface area contributed by atoms with Gasteiger partial charge >= 0.3 is 0 Å². The zero-order chi connectivity index (χ0) is 13.5. The van der Waals surface area contributed by atoms with Gasteiger partial charge in [-0.25, -0.2) is 9.97 Å². The Kier molecular flexibility index (Phi) is 4.54. The minimum Gasteiger partial charge on any atom is -0.476 e. The number of nitrogens with zero attached hydrogens (tertiary/aromatic N) is 4.